The molecule has 0 spiro atoms. The van der Waals surface area contributed by atoms with Crippen LogP contribution in [-0.4, -0.2) is 9.97 Å². The molecule has 0 radical (unpaired) electrons. The Morgan fingerprint density at radius 2 is 0.635 bits per heavy atom. The fourth-order valence-corrected chi connectivity index (χ4v) is 11.7. The zero-order chi connectivity index (χ0) is 49.1. The molecule has 2 nitrogen and oxygen atoms in total. The van der Waals surface area contributed by atoms with Gasteiger partial charge in [0.2, 0.25) is 0 Å². The maximum atomic E-state index is 5.01. The fourth-order valence-electron chi connectivity index (χ4n) is 11.7. The third-order valence-electron chi connectivity index (χ3n) is 15.2. The van der Waals surface area contributed by atoms with Crippen LogP contribution in [0.3, 0.4) is 0 Å². The van der Waals surface area contributed by atoms with E-state index in [1.807, 2.05) is 18.6 Å². The van der Waals surface area contributed by atoms with E-state index in [2.05, 4.69) is 255 Å². The molecule has 74 heavy (non-hydrogen) atoms. The predicted molar refractivity (Wildman–Crippen MR) is 314 cm³/mol. The maximum absolute atomic E-state index is 5.01. The molecule has 0 saturated carbocycles. The number of aryl methyl sites for hydroxylation is 1. The number of rotatable bonds is 8. The maximum Gasteiger partial charge on any atom is 0.0447 e. The van der Waals surface area contributed by atoms with E-state index >= 15 is 0 Å². The second kappa shape index (κ2) is 18.0. The van der Waals surface area contributed by atoms with Crippen molar-refractivity contribution >= 4 is 64.6 Å². The second-order valence-corrected chi connectivity index (χ2v) is 19.8. The molecule has 0 aliphatic heterocycles. The number of aromatic nitrogens is 2. The van der Waals surface area contributed by atoms with Gasteiger partial charge in [0.25, 0.3) is 0 Å². The molecule has 0 unspecified atom stereocenters. The Hall–Kier alpha value is -9.50. The van der Waals surface area contributed by atoms with Crippen molar-refractivity contribution in [2.45, 2.75) is 13.3 Å². The molecule has 2 aromatic heterocycles. The number of nitrogens with zero attached hydrogens (tertiary/aromatic N) is 2. The van der Waals surface area contributed by atoms with Crippen molar-refractivity contribution in [2.24, 2.45) is 0 Å². The Morgan fingerprint density at radius 3 is 1.07 bits per heavy atom. The molecule has 346 valence electrons. The smallest absolute Gasteiger partial charge is 0.0447 e. The van der Waals surface area contributed by atoms with Gasteiger partial charge in [-0.1, -0.05) is 206 Å². The van der Waals surface area contributed by atoms with Crippen molar-refractivity contribution in [3.05, 3.63) is 278 Å². The molecule has 2 heterocycles. The molecule has 0 amide bonds. The predicted octanol–water partition coefficient (Wildman–Crippen LogP) is 19.3. The van der Waals surface area contributed by atoms with E-state index in [0.29, 0.717) is 0 Å². The molecule has 14 rings (SSSR count). The van der Waals surface area contributed by atoms with Crippen molar-refractivity contribution in [3.8, 4) is 66.8 Å². The summed E-state index contributed by atoms with van der Waals surface area (Å²) >= 11 is 0. The highest BCUT2D eigenvalue weighted by Gasteiger charge is 2.19. The van der Waals surface area contributed by atoms with Gasteiger partial charge in [0.1, 0.15) is 0 Å². The fraction of sp³-hybridized carbons (Fsp3) is 0.0278. The van der Waals surface area contributed by atoms with Gasteiger partial charge in [0, 0.05) is 41.8 Å². The summed E-state index contributed by atoms with van der Waals surface area (Å²) < 4.78 is 0. The average Bonchev–Trinajstić information content (AvgIpc) is 3.46. The number of hydrogen-bond acceptors (Lipinski definition) is 2. The van der Waals surface area contributed by atoms with Gasteiger partial charge < -0.3 is 0 Å². The third kappa shape index (κ3) is 7.59. The molecule has 0 saturated heterocycles. The molecule has 0 fully saturated rings. The Kier molecular flexibility index (Phi) is 10.5. The Labute approximate surface area is 430 Å². The number of fused-ring (bicyclic) bond motifs is 6. The van der Waals surface area contributed by atoms with E-state index in [0.717, 1.165) is 34.4 Å². The van der Waals surface area contributed by atoms with E-state index in [-0.39, 0.29) is 0 Å². The van der Waals surface area contributed by atoms with E-state index in [4.69, 9.17) is 4.98 Å². The van der Waals surface area contributed by atoms with Crippen LogP contribution < -0.4 is 0 Å². The molecule has 12 aromatic carbocycles. The lowest BCUT2D eigenvalue weighted by atomic mass is 9.85. The molecule has 0 bridgehead atoms. The second-order valence-electron chi connectivity index (χ2n) is 19.8. The molecule has 2 heteroatoms. The van der Waals surface area contributed by atoms with Gasteiger partial charge in [0.05, 0.1) is 0 Å². The van der Waals surface area contributed by atoms with Crippen LogP contribution in [0.1, 0.15) is 16.8 Å². The monoisotopic (exact) mass is 940 g/mol. The van der Waals surface area contributed by atoms with Crippen molar-refractivity contribution in [1.82, 2.24) is 9.97 Å². The summed E-state index contributed by atoms with van der Waals surface area (Å²) in [5.74, 6) is 0. The van der Waals surface area contributed by atoms with Gasteiger partial charge in [-0.15, -0.1) is 0 Å². The summed E-state index contributed by atoms with van der Waals surface area (Å²) in [5.41, 5.74) is 18.0. The lowest BCUT2D eigenvalue weighted by Crippen LogP contribution is -1.94. The zero-order valence-electron chi connectivity index (χ0n) is 40.9. The van der Waals surface area contributed by atoms with E-state index in [1.165, 1.54) is 120 Å². The third-order valence-corrected chi connectivity index (χ3v) is 15.2. The first kappa shape index (κ1) is 43.3. The average molecular weight is 941 g/mol. The number of pyridine rings is 2. The summed E-state index contributed by atoms with van der Waals surface area (Å²) in [4.78, 5) is 9.45. The van der Waals surface area contributed by atoms with Crippen LogP contribution in [0, 0.1) is 6.92 Å². The van der Waals surface area contributed by atoms with Crippen molar-refractivity contribution in [3.63, 3.8) is 0 Å². The van der Waals surface area contributed by atoms with E-state index in [9.17, 15) is 0 Å². The Balaban J connectivity index is 0.737. The summed E-state index contributed by atoms with van der Waals surface area (Å²) in [6.45, 7) is 2.09. The van der Waals surface area contributed by atoms with Gasteiger partial charge in [-0.25, -0.2) is 0 Å². The van der Waals surface area contributed by atoms with Crippen molar-refractivity contribution in [1.29, 1.82) is 0 Å². The largest absolute Gasteiger partial charge is 0.264 e. The minimum absolute atomic E-state index is 0.752. The van der Waals surface area contributed by atoms with Crippen molar-refractivity contribution < 1.29 is 0 Å². The van der Waals surface area contributed by atoms with Crippen LogP contribution in [-0.2, 0) is 6.42 Å². The lowest BCUT2D eigenvalue weighted by molar-refractivity contribution is 1.08. The van der Waals surface area contributed by atoms with Gasteiger partial charge in [0.15, 0.2) is 0 Å². The topological polar surface area (TPSA) is 25.8 Å². The molecular formula is C72H48N2. The normalized spacial score (nSPS) is 11.6. The molecule has 0 N–H and O–H groups in total. The minimum Gasteiger partial charge on any atom is -0.264 e. The van der Waals surface area contributed by atoms with Crippen molar-refractivity contribution in [2.75, 3.05) is 0 Å². The molecule has 0 aliphatic rings. The SMILES string of the molecule is Cc1cncc(-c2ccc3cc(-c4c5ccccc5c(-c5ccc(Cc6ccc(-c7ccc8cc(-c9c%10ccccc%10c(-c%10ccccc%10)c%10ccccc9%10)ccc8c7)cn6)cc5)c5ccccc45)ccc3c2)c1. The Bertz CT molecular complexity index is 4380. The minimum atomic E-state index is 0.752. The van der Waals surface area contributed by atoms with Gasteiger partial charge in [-0.3, -0.25) is 9.97 Å². The first-order chi connectivity index (χ1) is 36.6. The summed E-state index contributed by atoms with van der Waals surface area (Å²) in [5, 5.41) is 14.9. The van der Waals surface area contributed by atoms with Crippen LogP contribution in [0.15, 0.2) is 261 Å². The highest BCUT2D eigenvalue weighted by atomic mass is 14.7. The standard InChI is InChI=1S/C72H48N2/c1-46-37-59(44-73-43-46)55-30-28-53-42-57(34-32-51(53)40-55)72-67-21-11-7-17-63(67)70(64-18-8-12-22-68(64)72)49-25-23-47(24-26-49)38-60-36-35-58(45-74-60)54-29-27-52-41-56(33-31-50(52)39-54)71-65-19-9-5-15-61(65)69(48-13-3-2-4-14-48)62-16-6-10-20-66(62)71/h2-37,39-45H,38H2,1H3. The highest BCUT2D eigenvalue weighted by Crippen LogP contribution is 2.46. The van der Waals surface area contributed by atoms with Crippen LogP contribution in [0.5, 0.6) is 0 Å². The summed E-state index contributed by atoms with van der Waals surface area (Å²) in [6.07, 6.45) is 6.63. The zero-order valence-corrected chi connectivity index (χ0v) is 40.9. The van der Waals surface area contributed by atoms with Gasteiger partial charge in [-0.2, -0.15) is 0 Å². The summed E-state index contributed by atoms with van der Waals surface area (Å²) in [7, 11) is 0. The molecule has 0 atom stereocenters. The number of benzene rings is 12. The molecule has 14 aromatic rings. The first-order valence-electron chi connectivity index (χ1n) is 25.6. The van der Waals surface area contributed by atoms with Gasteiger partial charge in [-0.05, 0) is 175 Å². The molecule has 0 aliphatic carbocycles. The molecular weight excluding hydrogens is 893 g/mol. The van der Waals surface area contributed by atoms with E-state index in [1.54, 1.807) is 0 Å². The van der Waals surface area contributed by atoms with Crippen LogP contribution >= 0.6 is 0 Å². The van der Waals surface area contributed by atoms with Crippen LogP contribution in [0.2, 0.25) is 0 Å². The number of hydrogen-bond donors (Lipinski definition) is 0. The quantitative estimate of drug-likeness (QED) is 0.142. The lowest BCUT2D eigenvalue weighted by Gasteiger charge is -2.18. The van der Waals surface area contributed by atoms with Crippen LogP contribution in [0.4, 0.5) is 0 Å². The van der Waals surface area contributed by atoms with Crippen LogP contribution in [0.25, 0.3) is 131 Å². The van der Waals surface area contributed by atoms with Gasteiger partial charge >= 0.3 is 0 Å². The Morgan fingerprint density at radius 1 is 0.270 bits per heavy atom. The van der Waals surface area contributed by atoms with E-state index < -0.39 is 0 Å². The first-order valence-corrected chi connectivity index (χ1v) is 25.6. The highest BCUT2D eigenvalue weighted by molar-refractivity contribution is 6.23. The summed E-state index contributed by atoms with van der Waals surface area (Å²) in [6, 6.07) is 89.4.